The Morgan fingerprint density at radius 1 is 1.47 bits per heavy atom. The first-order chi connectivity index (χ1) is 9.17. The zero-order valence-electron chi connectivity index (χ0n) is 10.8. The maximum Gasteiger partial charge on any atom is 0.220 e. The number of nitrogen functional groups attached to an aromatic ring is 1. The summed E-state index contributed by atoms with van der Waals surface area (Å²) in [5, 5.41) is 0. The molecule has 8 heteroatoms. The van der Waals surface area contributed by atoms with Gasteiger partial charge < -0.3 is 20.8 Å². The Kier molecular flexibility index (Phi) is 4.00. The number of hydrogen-bond acceptors (Lipinski definition) is 7. The van der Waals surface area contributed by atoms with E-state index in [0.717, 1.165) is 0 Å². The third-order valence-electron chi connectivity index (χ3n) is 3.32. The molecule has 1 amide bonds. The van der Waals surface area contributed by atoms with Crippen molar-refractivity contribution in [1.82, 2.24) is 9.97 Å². The van der Waals surface area contributed by atoms with Crippen molar-refractivity contribution in [2.45, 2.75) is 12.8 Å². The highest BCUT2D eigenvalue weighted by Crippen LogP contribution is 2.33. The fourth-order valence-corrected chi connectivity index (χ4v) is 2.26. The lowest BCUT2D eigenvalue weighted by Gasteiger charge is -2.32. The van der Waals surface area contributed by atoms with E-state index in [4.69, 9.17) is 16.3 Å². The average Bonchev–Trinajstić information content (AvgIpc) is 2.46. The van der Waals surface area contributed by atoms with Gasteiger partial charge in [0, 0.05) is 19.0 Å². The van der Waals surface area contributed by atoms with Crippen molar-refractivity contribution in [3.05, 3.63) is 6.33 Å². The zero-order chi connectivity index (χ0) is 13.8. The summed E-state index contributed by atoms with van der Waals surface area (Å²) in [7, 11) is 1.54. The van der Waals surface area contributed by atoms with E-state index < -0.39 is 0 Å². The van der Waals surface area contributed by atoms with E-state index in [0.29, 0.717) is 43.3 Å². The Hall–Kier alpha value is -2.09. The molecule has 0 spiro atoms. The molecule has 8 nitrogen and oxygen atoms in total. The first-order valence-electron chi connectivity index (χ1n) is 6.07. The van der Waals surface area contributed by atoms with Crippen LogP contribution in [0.3, 0.4) is 0 Å². The number of rotatable bonds is 4. The number of ether oxygens (including phenoxy) is 1. The van der Waals surface area contributed by atoms with Crippen LogP contribution in [-0.4, -0.2) is 36.1 Å². The van der Waals surface area contributed by atoms with Gasteiger partial charge in [0.1, 0.15) is 6.33 Å². The van der Waals surface area contributed by atoms with Crippen LogP contribution in [0.4, 0.5) is 11.6 Å². The molecule has 1 saturated heterocycles. The summed E-state index contributed by atoms with van der Waals surface area (Å²) in [5.74, 6) is 6.70. The third kappa shape index (κ3) is 2.68. The zero-order valence-corrected chi connectivity index (χ0v) is 10.8. The molecule has 2 rings (SSSR count). The standard InChI is InChI=1S/C11H18N6O2/c1-19-8-10(16-13)14-6-15-11(8)17-4-2-7(3-5-17)9(12)18/h6-7H,2-5,13H2,1H3,(H2,12,18)(H,14,15,16). The lowest BCUT2D eigenvalue weighted by atomic mass is 9.96. The van der Waals surface area contributed by atoms with E-state index in [9.17, 15) is 4.79 Å². The number of aromatic nitrogens is 2. The van der Waals surface area contributed by atoms with E-state index in [1.807, 2.05) is 4.90 Å². The summed E-state index contributed by atoms with van der Waals surface area (Å²) >= 11 is 0. The van der Waals surface area contributed by atoms with Gasteiger partial charge in [-0.1, -0.05) is 0 Å². The molecule has 0 radical (unpaired) electrons. The second-order valence-electron chi connectivity index (χ2n) is 4.39. The summed E-state index contributed by atoms with van der Waals surface area (Å²) in [5.41, 5.74) is 7.79. The van der Waals surface area contributed by atoms with Crippen molar-refractivity contribution in [2.24, 2.45) is 17.5 Å². The van der Waals surface area contributed by atoms with Crippen molar-refractivity contribution >= 4 is 17.5 Å². The van der Waals surface area contributed by atoms with Gasteiger partial charge in [0.15, 0.2) is 11.6 Å². The number of methoxy groups -OCH3 is 1. The molecule has 1 fully saturated rings. The van der Waals surface area contributed by atoms with Gasteiger partial charge in [-0.15, -0.1) is 0 Å². The normalized spacial score (nSPS) is 16.2. The first kappa shape index (κ1) is 13.3. The van der Waals surface area contributed by atoms with Crippen LogP contribution < -0.4 is 26.6 Å². The number of nitrogens with zero attached hydrogens (tertiary/aromatic N) is 3. The summed E-state index contributed by atoms with van der Waals surface area (Å²) < 4.78 is 5.29. The molecule has 1 aromatic rings. The third-order valence-corrected chi connectivity index (χ3v) is 3.32. The largest absolute Gasteiger partial charge is 0.490 e. The number of carbonyl (C=O) groups excluding carboxylic acids is 1. The second kappa shape index (κ2) is 5.70. The topological polar surface area (TPSA) is 119 Å². The first-order valence-corrected chi connectivity index (χ1v) is 6.07. The fourth-order valence-electron chi connectivity index (χ4n) is 2.26. The van der Waals surface area contributed by atoms with Crippen molar-refractivity contribution in [2.75, 3.05) is 30.5 Å². The van der Waals surface area contributed by atoms with Gasteiger partial charge in [0.05, 0.1) is 7.11 Å². The highest BCUT2D eigenvalue weighted by Gasteiger charge is 2.26. The fraction of sp³-hybridized carbons (Fsp3) is 0.545. The van der Waals surface area contributed by atoms with Gasteiger partial charge in [-0.3, -0.25) is 4.79 Å². The smallest absolute Gasteiger partial charge is 0.220 e. The van der Waals surface area contributed by atoms with Gasteiger partial charge in [0.2, 0.25) is 11.7 Å². The molecule has 104 valence electrons. The van der Waals surface area contributed by atoms with Gasteiger partial charge in [-0.25, -0.2) is 15.8 Å². The Labute approximate surface area is 111 Å². The molecule has 0 unspecified atom stereocenters. The van der Waals surface area contributed by atoms with Crippen LogP contribution in [0.25, 0.3) is 0 Å². The Morgan fingerprint density at radius 3 is 2.68 bits per heavy atom. The molecule has 1 aliphatic heterocycles. The molecular weight excluding hydrogens is 248 g/mol. The lowest BCUT2D eigenvalue weighted by Crippen LogP contribution is -2.39. The van der Waals surface area contributed by atoms with Crippen LogP contribution in [0.1, 0.15) is 12.8 Å². The predicted octanol–water partition coefficient (Wildman–Crippen LogP) is -0.528. The molecule has 1 aromatic heterocycles. The van der Waals surface area contributed by atoms with E-state index in [1.165, 1.54) is 6.33 Å². The van der Waals surface area contributed by atoms with Crippen LogP contribution in [0.5, 0.6) is 5.75 Å². The summed E-state index contributed by atoms with van der Waals surface area (Å²) in [4.78, 5) is 21.4. The van der Waals surface area contributed by atoms with Gasteiger partial charge in [0.25, 0.3) is 0 Å². The minimum absolute atomic E-state index is 0.0591. The average molecular weight is 266 g/mol. The molecule has 0 atom stereocenters. The molecule has 19 heavy (non-hydrogen) atoms. The molecular formula is C11H18N6O2. The van der Waals surface area contributed by atoms with Crippen molar-refractivity contribution in [3.63, 3.8) is 0 Å². The van der Waals surface area contributed by atoms with E-state index >= 15 is 0 Å². The van der Waals surface area contributed by atoms with Crippen molar-refractivity contribution in [3.8, 4) is 5.75 Å². The molecule has 0 bridgehead atoms. The van der Waals surface area contributed by atoms with Crippen LogP contribution in [0.15, 0.2) is 6.33 Å². The summed E-state index contributed by atoms with van der Waals surface area (Å²) in [6, 6.07) is 0. The monoisotopic (exact) mass is 266 g/mol. The van der Waals surface area contributed by atoms with Crippen LogP contribution in [0.2, 0.25) is 0 Å². The number of hydrogen-bond donors (Lipinski definition) is 3. The number of piperidine rings is 1. The molecule has 1 aliphatic rings. The van der Waals surface area contributed by atoms with Gasteiger partial charge in [-0.2, -0.15) is 0 Å². The van der Waals surface area contributed by atoms with Crippen LogP contribution in [0, 0.1) is 5.92 Å². The number of primary amides is 1. The number of nitrogens with one attached hydrogen (secondary N) is 1. The highest BCUT2D eigenvalue weighted by atomic mass is 16.5. The minimum atomic E-state index is -0.237. The van der Waals surface area contributed by atoms with Crippen molar-refractivity contribution < 1.29 is 9.53 Å². The van der Waals surface area contributed by atoms with Crippen molar-refractivity contribution in [1.29, 1.82) is 0 Å². The Balaban J connectivity index is 2.17. The Morgan fingerprint density at radius 2 is 2.16 bits per heavy atom. The van der Waals surface area contributed by atoms with E-state index in [-0.39, 0.29) is 11.8 Å². The number of carbonyl (C=O) groups is 1. The number of hydrazine groups is 1. The molecule has 0 aliphatic carbocycles. The Bertz CT molecular complexity index is 458. The summed E-state index contributed by atoms with van der Waals surface area (Å²) in [6.07, 6.45) is 2.86. The highest BCUT2D eigenvalue weighted by molar-refractivity contribution is 5.77. The predicted molar refractivity (Wildman–Crippen MR) is 70.5 cm³/mol. The maximum absolute atomic E-state index is 11.1. The molecule has 5 N–H and O–H groups in total. The molecule has 2 heterocycles. The van der Waals surface area contributed by atoms with Crippen LogP contribution >= 0.6 is 0 Å². The molecule has 0 aromatic carbocycles. The van der Waals surface area contributed by atoms with E-state index in [1.54, 1.807) is 7.11 Å². The minimum Gasteiger partial charge on any atom is -0.490 e. The SMILES string of the molecule is COc1c(NN)ncnc1N1CCC(C(N)=O)CC1. The maximum atomic E-state index is 11.1. The quantitative estimate of drug-likeness (QED) is 0.495. The van der Waals surface area contributed by atoms with Gasteiger partial charge >= 0.3 is 0 Å². The summed E-state index contributed by atoms with van der Waals surface area (Å²) in [6.45, 7) is 1.40. The van der Waals surface area contributed by atoms with E-state index in [2.05, 4.69) is 15.4 Å². The number of nitrogens with two attached hydrogens (primary N) is 2. The second-order valence-corrected chi connectivity index (χ2v) is 4.39. The van der Waals surface area contributed by atoms with Gasteiger partial charge in [-0.05, 0) is 12.8 Å². The lowest BCUT2D eigenvalue weighted by molar-refractivity contribution is -0.122. The number of amides is 1. The van der Waals surface area contributed by atoms with Crippen LogP contribution in [-0.2, 0) is 4.79 Å². The molecule has 0 saturated carbocycles. The number of anilines is 2.